The van der Waals surface area contributed by atoms with Crippen LogP contribution in [0, 0.1) is 0 Å². The van der Waals surface area contributed by atoms with E-state index in [0.29, 0.717) is 6.04 Å². The molecule has 0 radical (unpaired) electrons. The minimum Gasteiger partial charge on any atom is -0.367 e. The van der Waals surface area contributed by atoms with Gasteiger partial charge in [0.05, 0.1) is 5.69 Å². The number of likely N-dealkylation sites (N-methyl/N-ethyl adjacent to an activating group) is 1. The van der Waals surface area contributed by atoms with Crippen molar-refractivity contribution in [3.63, 3.8) is 0 Å². The van der Waals surface area contributed by atoms with Gasteiger partial charge in [0.15, 0.2) is 5.82 Å². The van der Waals surface area contributed by atoms with E-state index in [9.17, 15) is 0 Å². The Morgan fingerprint density at radius 1 is 1.32 bits per heavy atom. The Bertz CT molecular complexity index is 505. The summed E-state index contributed by atoms with van der Waals surface area (Å²) in [6, 6.07) is 6.66. The van der Waals surface area contributed by atoms with Crippen molar-refractivity contribution in [2.24, 2.45) is 0 Å². The zero-order valence-corrected chi connectivity index (χ0v) is 11.1. The van der Waals surface area contributed by atoms with Crippen molar-refractivity contribution in [3.05, 3.63) is 30.6 Å². The number of aromatic nitrogens is 3. The van der Waals surface area contributed by atoms with E-state index in [2.05, 4.69) is 31.5 Å². The Balaban J connectivity index is 1.75. The largest absolute Gasteiger partial charge is 0.367 e. The van der Waals surface area contributed by atoms with Gasteiger partial charge < -0.3 is 15.2 Å². The normalized spacial score (nSPS) is 19.6. The second-order valence-corrected chi connectivity index (χ2v) is 4.95. The molecule has 0 amide bonds. The van der Waals surface area contributed by atoms with E-state index in [0.717, 1.165) is 30.2 Å². The molecule has 0 saturated carbocycles. The SMILES string of the molecule is CNC1CCCN(c2ccc(-c3cc[nH]c3)nn2)C1. The predicted molar refractivity (Wildman–Crippen MR) is 76.1 cm³/mol. The van der Waals surface area contributed by atoms with E-state index in [1.807, 2.05) is 31.6 Å². The van der Waals surface area contributed by atoms with Crippen LogP contribution in [0.2, 0.25) is 0 Å². The highest BCUT2D eigenvalue weighted by Gasteiger charge is 2.19. The summed E-state index contributed by atoms with van der Waals surface area (Å²) in [4.78, 5) is 5.34. The molecular weight excluding hydrogens is 238 g/mol. The quantitative estimate of drug-likeness (QED) is 0.878. The van der Waals surface area contributed by atoms with E-state index in [-0.39, 0.29) is 0 Å². The molecule has 0 spiro atoms. The van der Waals surface area contributed by atoms with Crippen LogP contribution in [-0.4, -0.2) is 41.4 Å². The highest BCUT2D eigenvalue weighted by Crippen LogP contribution is 2.20. The van der Waals surface area contributed by atoms with Crippen molar-refractivity contribution in [3.8, 4) is 11.3 Å². The molecule has 3 rings (SSSR count). The minimum atomic E-state index is 0.555. The standard InChI is InChI=1S/C14H19N5/c1-15-12-3-2-8-19(10-12)14-5-4-13(17-18-14)11-6-7-16-9-11/h4-7,9,12,15-16H,2-3,8,10H2,1H3. The molecule has 0 bridgehead atoms. The molecule has 2 N–H and O–H groups in total. The molecule has 100 valence electrons. The highest BCUT2D eigenvalue weighted by atomic mass is 15.3. The summed E-state index contributed by atoms with van der Waals surface area (Å²) in [5, 5.41) is 12.0. The van der Waals surface area contributed by atoms with Crippen LogP contribution in [0.4, 0.5) is 5.82 Å². The second-order valence-electron chi connectivity index (χ2n) is 4.95. The van der Waals surface area contributed by atoms with Gasteiger partial charge in [-0.2, -0.15) is 0 Å². The first-order chi connectivity index (χ1) is 9.36. The summed E-state index contributed by atoms with van der Waals surface area (Å²) in [7, 11) is 2.02. The number of hydrogen-bond donors (Lipinski definition) is 2. The summed E-state index contributed by atoms with van der Waals surface area (Å²) >= 11 is 0. The van der Waals surface area contributed by atoms with Crippen LogP contribution in [0.3, 0.4) is 0 Å². The lowest BCUT2D eigenvalue weighted by atomic mass is 10.1. The zero-order chi connectivity index (χ0) is 13.1. The minimum absolute atomic E-state index is 0.555. The number of piperidine rings is 1. The molecule has 1 saturated heterocycles. The molecule has 1 aliphatic rings. The molecule has 1 unspecified atom stereocenters. The number of anilines is 1. The molecule has 0 aliphatic carbocycles. The lowest BCUT2D eigenvalue weighted by Gasteiger charge is -2.33. The second kappa shape index (κ2) is 5.40. The van der Waals surface area contributed by atoms with Gasteiger partial charge in [-0.25, -0.2) is 0 Å². The van der Waals surface area contributed by atoms with E-state index in [1.165, 1.54) is 12.8 Å². The van der Waals surface area contributed by atoms with Crippen LogP contribution in [0.15, 0.2) is 30.6 Å². The van der Waals surface area contributed by atoms with Gasteiger partial charge in [0, 0.05) is 37.1 Å². The fourth-order valence-electron chi connectivity index (χ4n) is 2.55. The van der Waals surface area contributed by atoms with E-state index < -0.39 is 0 Å². The van der Waals surface area contributed by atoms with E-state index >= 15 is 0 Å². The van der Waals surface area contributed by atoms with Crippen LogP contribution in [0.25, 0.3) is 11.3 Å². The summed E-state index contributed by atoms with van der Waals surface area (Å²) in [6.45, 7) is 2.07. The summed E-state index contributed by atoms with van der Waals surface area (Å²) in [6.07, 6.45) is 6.27. The Morgan fingerprint density at radius 2 is 2.26 bits per heavy atom. The van der Waals surface area contributed by atoms with Crippen LogP contribution in [0.1, 0.15) is 12.8 Å². The van der Waals surface area contributed by atoms with Crippen molar-refractivity contribution in [1.82, 2.24) is 20.5 Å². The molecule has 2 aromatic rings. The molecule has 1 atom stereocenters. The van der Waals surface area contributed by atoms with Gasteiger partial charge >= 0.3 is 0 Å². The predicted octanol–water partition coefficient (Wildman–Crippen LogP) is 1.66. The monoisotopic (exact) mass is 257 g/mol. The summed E-state index contributed by atoms with van der Waals surface area (Å²) < 4.78 is 0. The third-order valence-electron chi connectivity index (χ3n) is 3.70. The van der Waals surface area contributed by atoms with E-state index in [4.69, 9.17) is 0 Å². The van der Waals surface area contributed by atoms with Crippen molar-refractivity contribution >= 4 is 5.82 Å². The third kappa shape index (κ3) is 2.61. The number of rotatable bonds is 3. The number of nitrogens with one attached hydrogen (secondary N) is 2. The van der Waals surface area contributed by atoms with Crippen LogP contribution in [0.5, 0.6) is 0 Å². The van der Waals surface area contributed by atoms with Crippen molar-refractivity contribution in [2.75, 3.05) is 25.0 Å². The van der Waals surface area contributed by atoms with Crippen LogP contribution < -0.4 is 10.2 Å². The van der Waals surface area contributed by atoms with Crippen LogP contribution >= 0.6 is 0 Å². The maximum atomic E-state index is 4.36. The Morgan fingerprint density at radius 3 is 2.95 bits per heavy atom. The topological polar surface area (TPSA) is 56.8 Å². The van der Waals surface area contributed by atoms with Gasteiger partial charge in [0.25, 0.3) is 0 Å². The first-order valence-corrected chi connectivity index (χ1v) is 6.76. The summed E-state index contributed by atoms with van der Waals surface area (Å²) in [5.74, 6) is 0.972. The van der Waals surface area contributed by atoms with Crippen molar-refractivity contribution < 1.29 is 0 Å². The maximum absolute atomic E-state index is 4.36. The Kier molecular flexibility index (Phi) is 3.46. The van der Waals surface area contributed by atoms with Gasteiger partial charge in [-0.05, 0) is 38.1 Å². The number of hydrogen-bond acceptors (Lipinski definition) is 4. The fraction of sp³-hybridized carbons (Fsp3) is 0.429. The molecule has 0 aromatic carbocycles. The van der Waals surface area contributed by atoms with E-state index in [1.54, 1.807) is 0 Å². The number of nitrogens with zero attached hydrogens (tertiary/aromatic N) is 3. The Labute approximate surface area is 113 Å². The molecule has 5 nitrogen and oxygen atoms in total. The molecule has 5 heteroatoms. The number of aromatic amines is 1. The molecule has 2 aromatic heterocycles. The highest BCUT2D eigenvalue weighted by molar-refractivity contribution is 5.58. The van der Waals surface area contributed by atoms with Gasteiger partial charge in [-0.3, -0.25) is 0 Å². The fourth-order valence-corrected chi connectivity index (χ4v) is 2.55. The third-order valence-corrected chi connectivity index (χ3v) is 3.70. The van der Waals surface area contributed by atoms with Crippen molar-refractivity contribution in [1.29, 1.82) is 0 Å². The molecule has 1 aliphatic heterocycles. The molecule has 1 fully saturated rings. The van der Waals surface area contributed by atoms with Gasteiger partial charge in [0.2, 0.25) is 0 Å². The average molecular weight is 257 g/mol. The lowest BCUT2D eigenvalue weighted by Crippen LogP contribution is -2.44. The molecule has 3 heterocycles. The van der Waals surface area contributed by atoms with Gasteiger partial charge in [-0.15, -0.1) is 10.2 Å². The first kappa shape index (κ1) is 12.2. The maximum Gasteiger partial charge on any atom is 0.151 e. The molecular formula is C14H19N5. The lowest BCUT2D eigenvalue weighted by molar-refractivity contribution is 0.447. The number of H-pyrrole nitrogens is 1. The zero-order valence-electron chi connectivity index (χ0n) is 11.1. The first-order valence-electron chi connectivity index (χ1n) is 6.76. The van der Waals surface area contributed by atoms with Crippen LogP contribution in [-0.2, 0) is 0 Å². The smallest absolute Gasteiger partial charge is 0.151 e. The summed E-state index contributed by atoms with van der Waals surface area (Å²) in [5.41, 5.74) is 1.98. The Hall–Kier alpha value is -1.88. The van der Waals surface area contributed by atoms with Gasteiger partial charge in [-0.1, -0.05) is 0 Å². The van der Waals surface area contributed by atoms with Crippen molar-refractivity contribution in [2.45, 2.75) is 18.9 Å². The van der Waals surface area contributed by atoms with Gasteiger partial charge in [0.1, 0.15) is 0 Å². The molecule has 19 heavy (non-hydrogen) atoms. The average Bonchev–Trinajstić information content (AvgIpc) is 3.02.